The summed E-state index contributed by atoms with van der Waals surface area (Å²) in [5, 5.41) is 0. The first-order chi connectivity index (χ1) is 9.08. The second-order valence-corrected chi connectivity index (χ2v) is 4.11. The van der Waals surface area contributed by atoms with Crippen molar-refractivity contribution in [3.05, 3.63) is 48.0 Å². The SMILES string of the molecule is C=CCN(Cc1ccc(C(=O)OCC)cc1)C(C)=O. The van der Waals surface area contributed by atoms with E-state index >= 15 is 0 Å². The molecule has 0 radical (unpaired) electrons. The third-order valence-corrected chi connectivity index (χ3v) is 2.63. The summed E-state index contributed by atoms with van der Waals surface area (Å²) in [7, 11) is 0. The van der Waals surface area contributed by atoms with E-state index in [4.69, 9.17) is 4.74 Å². The fourth-order valence-electron chi connectivity index (χ4n) is 1.64. The van der Waals surface area contributed by atoms with Crippen molar-refractivity contribution in [3.8, 4) is 0 Å². The van der Waals surface area contributed by atoms with Crippen molar-refractivity contribution in [1.29, 1.82) is 0 Å². The Labute approximate surface area is 113 Å². The Hall–Kier alpha value is -2.10. The zero-order chi connectivity index (χ0) is 14.3. The number of rotatable bonds is 6. The van der Waals surface area contributed by atoms with E-state index in [1.165, 1.54) is 6.92 Å². The molecule has 4 nitrogen and oxygen atoms in total. The molecule has 1 aromatic carbocycles. The summed E-state index contributed by atoms with van der Waals surface area (Å²) in [6.07, 6.45) is 1.69. The summed E-state index contributed by atoms with van der Waals surface area (Å²) >= 11 is 0. The highest BCUT2D eigenvalue weighted by molar-refractivity contribution is 5.89. The van der Waals surface area contributed by atoms with Crippen molar-refractivity contribution in [3.63, 3.8) is 0 Å². The van der Waals surface area contributed by atoms with Gasteiger partial charge in [0.15, 0.2) is 0 Å². The van der Waals surface area contributed by atoms with Gasteiger partial charge in [-0.2, -0.15) is 0 Å². The lowest BCUT2D eigenvalue weighted by Gasteiger charge is -2.19. The molecule has 0 spiro atoms. The van der Waals surface area contributed by atoms with E-state index in [0.29, 0.717) is 25.3 Å². The molecule has 0 aliphatic carbocycles. The van der Waals surface area contributed by atoms with Crippen LogP contribution in [0.5, 0.6) is 0 Å². The summed E-state index contributed by atoms with van der Waals surface area (Å²) in [6, 6.07) is 7.07. The molecular formula is C15H19NO3. The third kappa shape index (κ3) is 4.58. The molecule has 0 aliphatic rings. The van der Waals surface area contributed by atoms with E-state index in [-0.39, 0.29) is 11.9 Å². The molecule has 102 valence electrons. The van der Waals surface area contributed by atoms with Crippen molar-refractivity contribution in [2.75, 3.05) is 13.2 Å². The summed E-state index contributed by atoms with van der Waals surface area (Å²) in [6.45, 7) is 8.29. The van der Waals surface area contributed by atoms with Crippen LogP contribution in [0.1, 0.15) is 29.8 Å². The molecule has 0 saturated heterocycles. The number of benzene rings is 1. The van der Waals surface area contributed by atoms with E-state index in [9.17, 15) is 9.59 Å². The number of carbonyl (C=O) groups is 2. The normalized spacial score (nSPS) is 9.79. The molecule has 1 rings (SSSR count). The Kier molecular flexibility index (Phi) is 5.79. The first-order valence-electron chi connectivity index (χ1n) is 6.21. The smallest absolute Gasteiger partial charge is 0.338 e. The molecule has 0 unspecified atom stereocenters. The standard InChI is InChI=1S/C15H19NO3/c1-4-10-16(12(3)17)11-13-6-8-14(9-7-13)15(18)19-5-2/h4,6-9H,1,5,10-11H2,2-3H3. The monoisotopic (exact) mass is 261 g/mol. The summed E-state index contributed by atoms with van der Waals surface area (Å²) in [5.41, 5.74) is 1.48. The van der Waals surface area contributed by atoms with Gasteiger partial charge in [0.25, 0.3) is 0 Å². The Bertz CT molecular complexity index is 451. The first-order valence-corrected chi connectivity index (χ1v) is 6.21. The van der Waals surface area contributed by atoms with Gasteiger partial charge in [-0.1, -0.05) is 18.2 Å². The van der Waals surface area contributed by atoms with Crippen molar-refractivity contribution in [1.82, 2.24) is 4.90 Å². The van der Waals surface area contributed by atoms with Crippen molar-refractivity contribution in [2.24, 2.45) is 0 Å². The molecule has 0 N–H and O–H groups in total. The van der Waals surface area contributed by atoms with Crippen LogP contribution < -0.4 is 0 Å². The van der Waals surface area contributed by atoms with Gasteiger partial charge in [-0.05, 0) is 24.6 Å². The van der Waals surface area contributed by atoms with Gasteiger partial charge in [0.05, 0.1) is 12.2 Å². The molecule has 19 heavy (non-hydrogen) atoms. The van der Waals surface area contributed by atoms with Crippen molar-refractivity contribution in [2.45, 2.75) is 20.4 Å². The molecule has 0 aromatic heterocycles. The fraction of sp³-hybridized carbons (Fsp3) is 0.333. The van der Waals surface area contributed by atoms with Crippen molar-refractivity contribution < 1.29 is 14.3 Å². The first kappa shape index (κ1) is 15.0. The second kappa shape index (κ2) is 7.36. The summed E-state index contributed by atoms with van der Waals surface area (Å²) in [4.78, 5) is 24.6. The lowest BCUT2D eigenvalue weighted by atomic mass is 10.1. The Balaban J connectivity index is 2.72. The van der Waals surface area contributed by atoms with Crippen LogP contribution in [0.2, 0.25) is 0 Å². The maximum atomic E-state index is 11.5. The van der Waals surface area contributed by atoms with Gasteiger partial charge in [-0.15, -0.1) is 6.58 Å². The minimum absolute atomic E-state index is 0.00521. The molecule has 4 heteroatoms. The highest BCUT2D eigenvalue weighted by Gasteiger charge is 2.09. The minimum atomic E-state index is -0.330. The van der Waals surface area contributed by atoms with Crippen LogP contribution in [-0.2, 0) is 16.1 Å². The average molecular weight is 261 g/mol. The van der Waals surface area contributed by atoms with Crippen LogP contribution >= 0.6 is 0 Å². The zero-order valence-electron chi connectivity index (χ0n) is 11.4. The summed E-state index contributed by atoms with van der Waals surface area (Å²) in [5.74, 6) is -0.335. The predicted molar refractivity (Wildman–Crippen MR) is 73.7 cm³/mol. The molecular weight excluding hydrogens is 242 g/mol. The number of hydrogen-bond donors (Lipinski definition) is 0. The largest absolute Gasteiger partial charge is 0.462 e. The molecule has 0 saturated carbocycles. The van der Waals surface area contributed by atoms with Crippen LogP contribution in [0.25, 0.3) is 0 Å². The van der Waals surface area contributed by atoms with Gasteiger partial charge in [-0.25, -0.2) is 4.79 Å². The number of nitrogens with zero attached hydrogens (tertiary/aromatic N) is 1. The van der Waals surface area contributed by atoms with Crippen LogP contribution in [0.4, 0.5) is 0 Å². The van der Waals surface area contributed by atoms with Crippen LogP contribution in [0.3, 0.4) is 0 Å². The Morgan fingerprint density at radius 2 is 1.95 bits per heavy atom. The predicted octanol–water partition coefficient (Wildman–Crippen LogP) is 2.40. The highest BCUT2D eigenvalue weighted by Crippen LogP contribution is 2.09. The molecule has 0 heterocycles. The van der Waals surface area contributed by atoms with Crippen LogP contribution in [0, 0.1) is 0 Å². The fourth-order valence-corrected chi connectivity index (χ4v) is 1.64. The van der Waals surface area contributed by atoms with E-state index in [0.717, 1.165) is 5.56 Å². The molecule has 0 fully saturated rings. The maximum Gasteiger partial charge on any atom is 0.338 e. The number of ether oxygens (including phenoxy) is 1. The summed E-state index contributed by atoms with van der Waals surface area (Å²) < 4.78 is 4.91. The van der Waals surface area contributed by atoms with E-state index in [1.54, 1.807) is 30.0 Å². The van der Waals surface area contributed by atoms with E-state index in [2.05, 4.69) is 6.58 Å². The van der Waals surface area contributed by atoms with Crippen LogP contribution in [0.15, 0.2) is 36.9 Å². The van der Waals surface area contributed by atoms with E-state index in [1.807, 2.05) is 12.1 Å². The molecule has 1 amide bonds. The van der Waals surface area contributed by atoms with Gasteiger partial charge in [0.2, 0.25) is 5.91 Å². The number of amides is 1. The van der Waals surface area contributed by atoms with Gasteiger partial charge in [0, 0.05) is 20.0 Å². The molecule has 0 bridgehead atoms. The number of hydrogen-bond acceptors (Lipinski definition) is 3. The van der Waals surface area contributed by atoms with Crippen LogP contribution in [-0.4, -0.2) is 29.9 Å². The minimum Gasteiger partial charge on any atom is -0.462 e. The Morgan fingerprint density at radius 3 is 2.42 bits per heavy atom. The second-order valence-electron chi connectivity index (χ2n) is 4.11. The highest BCUT2D eigenvalue weighted by atomic mass is 16.5. The van der Waals surface area contributed by atoms with Gasteiger partial charge < -0.3 is 9.64 Å². The lowest BCUT2D eigenvalue weighted by Crippen LogP contribution is -2.28. The number of carbonyl (C=O) groups excluding carboxylic acids is 2. The van der Waals surface area contributed by atoms with Crippen molar-refractivity contribution >= 4 is 11.9 Å². The maximum absolute atomic E-state index is 11.5. The quantitative estimate of drug-likeness (QED) is 0.583. The molecule has 0 atom stereocenters. The van der Waals surface area contributed by atoms with E-state index < -0.39 is 0 Å². The average Bonchev–Trinajstić information content (AvgIpc) is 2.39. The molecule has 0 aliphatic heterocycles. The molecule has 1 aromatic rings. The number of esters is 1. The Morgan fingerprint density at radius 1 is 1.32 bits per heavy atom. The van der Waals surface area contributed by atoms with Gasteiger partial charge in [0.1, 0.15) is 0 Å². The van der Waals surface area contributed by atoms with Gasteiger partial charge in [-0.3, -0.25) is 4.79 Å². The third-order valence-electron chi connectivity index (χ3n) is 2.63. The van der Waals surface area contributed by atoms with Gasteiger partial charge >= 0.3 is 5.97 Å². The lowest BCUT2D eigenvalue weighted by molar-refractivity contribution is -0.128. The zero-order valence-corrected chi connectivity index (χ0v) is 11.4. The topological polar surface area (TPSA) is 46.6 Å².